The minimum absolute atomic E-state index is 0.00395. The van der Waals surface area contributed by atoms with Crippen LogP contribution in [0.4, 0.5) is 10.8 Å². The lowest BCUT2D eigenvalue weighted by Gasteiger charge is -2.25. The average molecular weight is 358 g/mol. The van der Waals surface area contributed by atoms with Crippen LogP contribution in [0, 0.1) is 5.41 Å². The van der Waals surface area contributed by atoms with Gasteiger partial charge in [-0.15, -0.1) is 10.2 Å². The summed E-state index contributed by atoms with van der Waals surface area (Å²) in [6.45, 7) is 3.64. The second-order valence-electron chi connectivity index (χ2n) is 6.88. The molecule has 1 atom stereocenters. The third-order valence-electron chi connectivity index (χ3n) is 5.22. The monoisotopic (exact) mass is 358 g/mol. The van der Waals surface area contributed by atoms with Crippen LogP contribution >= 0.6 is 11.3 Å². The van der Waals surface area contributed by atoms with Crippen molar-refractivity contribution in [1.29, 1.82) is 0 Å². The number of benzene rings is 1. The standard InChI is InChI=1S/C17H18N4O3S/c22-15-8-17(3-4-20(9-17)16-19-18-11-25-16)10-21(15)12-1-2-13-14(7-12)24-6-5-23-13/h1-2,7,11H,3-6,8-10H2/t17-/m0/s1. The molecule has 0 unspecified atom stereocenters. The number of anilines is 2. The Kier molecular flexibility index (Phi) is 3.34. The number of amides is 1. The molecule has 5 rings (SSSR count). The van der Waals surface area contributed by atoms with Crippen LogP contribution in [0.1, 0.15) is 12.8 Å². The van der Waals surface area contributed by atoms with Crippen molar-refractivity contribution in [3.05, 3.63) is 23.7 Å². The average Bonchev–Trinajstić information content (AvgIpc) is 3.35. The van der Waals surface area contributed by atoms with Gasteiger partial charge in [-0.05, 0) is 18.6 Å². The number of hydrogen-bond donors (Lipinski definition) is 0. The lowest BCUT2D eigenvalue weighted by molar-refractivity contribution is -0.117. The number of nitrogens with zero attached hydrogens (tertiary/aromatic N) is 4. The molecule has 25 heavy (non-hydrogen) atoms. The van der Waals surface area contributed by atoms with Gasteiger partial charge in [0.1, 0.15) is 18.7 Å². The molecule has 7 nitrogen and oxygen atoms in total. The molecule has 1 amide bonds. The number of rotatable bonds is 2. The molecule has 2 fully saturated rings. The normalized spacial score (nSPS) is 25.2. The van der Waals surface area contributed by atoms with Crippen molar-refractivity contribution in [2.24, 2.45) is 5.41 Å². The second-order valence-corrected chi connectivity index (χ2v) is 7.69. The molecule has 4 heterocycles. The van der Waals surface area contributed by atoms with Crippen LogP contribution in [0.3, 0.4) is 0 Å². The molecule has 2 saturated heterocycles. The summed E-state index contributed by atoms with van der Waals surface area (Å²) in [7, 11) is 0. The maximum atomic E-state index is 12.7. The number of ether oxygens (including phenoxy) is 2. The highest BCUT2D eigenvalue weighted by Crippen LogP contribution is 2.44. The zero-order valence-electron chi connectivity index (χ0n) is 13.7. The van der Waals surface area contributed by atoms with Crippen LogP contribution in [-0.4, -0.2) is 49.0 Å². The quantitative estimate of drug-likeness (QED) is 0.817. The molecule has 2 aromatic rings. The first-order valence-electron chi connectivity index (χ1n) is 8.44. The Morgan fingerprint density at radius 2 is 2.04 bits per heavy atom. The minimum atomic E-state index is -0.00395. The predicted molar refractivity (Wildman–Crippen MR) is 93.6 cm³/mol. The van der Waals surface area contributed by atoms with E-state index in [1.165, 1.54) is 0 Å². The van der Waals surface area contributed by atoms with Gasteiger partial charge in [0.15, 0.2) is 11.5 Å². The smallest absolute Gasteiger partial charge is 0.227 e. The Bertz CT molecular complexity index is 812. The van der Waals surface area contributed by atoms with Gasteiger partial charge < -0.3 is 19.3 Å². The van der Waals surface area contributed by atoms with Gasteiger partial charge in [0.2, 0.25) is 11.0 Å². The summed E-state index contributed by atoms with van der Waals surface area (Å²) < 4.78 is 11.2. The molecule has 0 radical (unpaired) electrons. The summed E-state index contributed by atoms with van der Waals surface area (Å²) >= 11 is 1.55. The summed E-state index contributed by atoms with van der Waals surface area (Å²) in [6.07, 6.45) is 1.58. The molecule has 8 heteroatoms. The van der Waals surface area contributed by atoms with Crippen molar-refractivity contribution < 1.29 is 14.3 Å². The van der Waals surface area contributed by atoms with Gasteiger partial charge in [-0.2, -0.15) is 0 Å². The Balaban J connectivity index is 1.37. The third-order valence-corrected chi connectivity index (χ3v) is 5.97. The fourth-order valence-corrected chi connectivity index (χ4v) is 4.60. The van der Waals surface area contributed by atoms with Crippen LogP contribution in [0.25, 0.3) is 0 Å². The number of hydrogen-bond acceptors (Lipinski definition) is 7. The van der Waals surface area contributed by atoms with E-state index in [0.717, 1.165) is 48.4 Å². The van der Waals surface area contributed by atoms with Gasteiger partial charge in [-0.3, -0.25) is 4.79 Å². The van der Waals surface area contributed by atoms with Gasteiger partial charge in [-0.1, -0.05) is 11.3 Å². The molecule has 0 N–H and O–H groups in total. The van der Waals surface area contributed by atoms with Crippen molar-refractivity contribution in [1.82, 2.24) is 10.2 Å². The highest BCUT2D eigenvalue weighted by Gasteiger charge is 2.48. The maximum Gasteiger partial charge on any atom is 0.227 e. The molecule has 1 aromatic heterocycles. The number of fused-ring (bicyclic) bond motifs is 1. The molecule has 1 spiro atoms. The molecule has 0 saturated carbocycles. The largest absolute Gasteiger partial charge is 0.486 e. The zero-order chi connectivity index (χ0) is 16.9. The first-order chi connectivity index (χ1) is 12.2. The zero-order valence-corrected chi connectivity index (χ0v) is 14.5. The Morgan fingerprint density at radius 1 is 1.16 bits per heavy atom. The number of aromatic nitrogens is 2. The van der Waals surface area contributed by atoms with E-state index in [2.05, 4.69) is 15.1 Å². The summed E-state index contributed by atoms with van der Waals surface area (Å²) in [5.74, 6) is 1.65. The molecule has 130 valence electrons. The lowest BCUT2D eigenvalue weighted by atomic mass is 9.86. The van der Waals surface area contributed by atoms with E-state index in [9.17, 15) is 4.79 Å². The first kappa shape index (κ1) is 14.9. The van der Waals surface area contributed by atoms with Gasteiger partial charge in [0.25, 0.3) is 0 Å². The van der Waals surface area contributed by atoms with E-state index in [4.69, 9.17) is 9.47 Å². The van der Waals surface area contributed by atoms with Crippen LogP contribution in [0.5, 0.6) is 11.5 Å². The number of carbonyl (C=O) groups is 1. The Morgan fingerprint density at radius 3 is 2.88 bits per heavy atom. The van der Waals surface area contributed by atoms with E-state index >= 15 is 0 Å². The highest BCUT2D eigenvalue weighted by atomic mass is 32.1. The molecular weight excluding hydrogens is 340 g/mol. The van der Waals surface area contributed by atoms with Gasteiger partial charge in [0.05, 0.1) is 0 Å². The predicted octanol–water partition coefficient (Wildman–Crippen LogP) is 1.94. The van der Waals surface area contributed by atoms with Crippen LogP contribution in [0.15, 0.2) is 23.7 Å². The second kappa shape index (κ2) is 5.59. The minimum Gasteiger partial charge on any atom is -0.486 e. The van der Waals surface area contributed by atoms with E-state index < -0.39 is 0 Å². The molecule has 0 bridgehead atoms. The molecule has 0 aliphatic carbocycles. The van der Waals surface area contributed by atoms with E-state index in [-0.39, 0.29) is 11.3 Å². The Labute approximate surface area is 149 Å². The van der Waals surface area contributed by atoms with E-state index in [0.29, 0.717) is 19.6 Å². The van der Waals surface area contributed by atoms with Crippen molar-refractivity contribution >= 4 is 28.1 Å². The highest BCUT2D eigenvalue weighted by molar-refractivity contribution is 7.13. The summed E-state index contributed by atoms with van der Waals surface area (Å²) in [4.78, 5) is 16.8. The van der Waals surface area contributed by atoms with Gasteiger partial charge >= 0.3 is 0 Å². The van der Waals surface area contributed by atoms with Crippen molar-refractivity contribution in [2.75, 3.05) is 42.6 Å². The van der Waals surface area contributed by atoms with Gasteiger partial charge in [-0.25, -0.2) is 0 Å². The van der Waals surface area contributed by atoms with Crippen LogP contribution in [-0.2, 0) is 4.79 Å². The van der Waals surface area contributed by atoms with Crippen molar-refractivity contribution in [2.45, 2.75) is 12.8 Å². The molecule has 3 aliphatic heterocycles. The number of carbonyl (C=O) groups excluding carboxylic acids is 1. The fourth-order valence-electron chi connectivity index (χ4n) is 4.01. The topological polar surface area (TPSA) is 67.8 Å². The van der Waals surface area contributed by atoms with Crippen molar-refractivity contribution in [3.63, 3.8) is 0 Å². The molecule has 3 aliphatic rings. The van der Waals surface area contributed by atoms with Gasteiger partial charge in [0, 0.05) is 43.2 Å². The summed E-state index contributed by atoms with van der Waals surface area (Å²) in [5.41, 5.74) is 2.64. The third kappa shape index (κ3) is 2.52. The van der Waals surface area contributed by atoms with Crippen LogP contribution < -0.4 is 19.3 Å². The van der Waals surface area contributed by atoms with E-state index in [1.807, 2.05) is 23.1 Å². The summed E-state index contributed by atoms with van der Waals surface area (Å²) in [5, 5.41) is 9.03. The fraction of sp³-hybridized carbons (Fsp3) is 0.471. The van der Waals surface area contributed by atoms with E-state index in [1.54, 1.807) is 16.8 Å². The molecular formula is C17H18N4O3S. The van der Waals surface area contributed by atoms with Crippen molar-refractivity contribution in [3.8, 4) is 11.5 Å². The lowest BCUT2D eigenvalue weighted by Crippen LogP contribution is -2.31. The maximum absolute atomic E-state index is 12.7. The summed E-state index contributed by atoms with van der Waals surface area (Å²) in [6, 6.07) is 5.76. The molecule has 1 aromatic carbocycles. The Hall–Kier alpha value is -2.35. The first-order valence-corrected chi connectivity index (χ1v) is 9.32. The SMILES string of the molecule is O=C1C[C@]2(CCN(c3nncs3)C2)CN1c1ccc2c(c1)OCCO2. The van der Waals surface area contributed by atoms with Crippen LogP contribution in [0.2, 0.25) is 0 Å².